The lowest BCUT2D eigenvalue weighted by Crippen LogP contribution is -2.26. The molecule has 3 rings (SSSR count). The van der Waals surface area contributed by atoms with Crippen LogP contribution in [0.5, 0.6) is 0 Å². The number of nitrogens with two attached hydrogens (primary N) is 1. The number of nitrogens with zero attached hydrogens (tertiary/aromatic N) is 2. The number of nitrogens with one attached hydrogen (secondary N) is 1. The van der Waals surface area contributed by atoms with Crippen LogP contribution < -0.4 is 11.1 Å². The third-order valence-corrected chi connectivity index (χ3v) is 4.72. The number of benzene rings is 1. The number of likely N-dealkylation sites (N-methyl/N-ethyl adjacent to an activating group) is 1. The van der Waals surface area contributed by atoms with E-state index in [0.29, 0.717) is 41.2 Å². The molecule has 1 aliphatic rings. The van der Waals surface area contributed by atoms with Gasteiger partial charge in [-0.1, -0.05) is 30.6 Å². The molecule has 0 unspecified atom stereocenters. The van der Waals surface area contributed by atoms with Crippen LogP contribution in [0.3, 0.4) is 0 Å². The van der Waals surface area contributed by atoms with Crippen LogP contribution in [0, 0.1) is 11.8 Å². The van der Waals surface area contributed by atoms with Crippen LogP contribution in [0.4, 0.5) is 5.69 Å². The van der Waals surface area contributed by atoms with Gasteiger partial charge < -0.3 is 21.1 Å². The first-order valence-electron chi connectivity index (χ1n) is 9.04. The number of hydrogen-bond acceptors (Lipinski definition) is 5. The highest BCUT2D eigenvalue weighted by atomic mass is 16.3. The van der Waals surface area contributed by atoms with Crippen molar-refractivity contribution in [3.05, 3.63) is 59.9 Å². The standard InChI is InChI=1S/C22H22N4O3/c1-14-22(29,9-10-26(14)3)8-7-16-5-4-6-17(11-16)19-12-18(24-15(2)27)13-20(25-19)21(23)28/h4-6,11-13,29H,1,9-10H2,2-3H3,(H2,23,28)(H,24,25,27)/t22-/m0/s1. The van der Waals surface area contributed by atoms with E-state index in [1.165, 1.54) is 13.0 Å². The van der Waals surface area contributed by atoms with Gasteiger partial charge in [-0.15, -0.1) is 0 Å². The van der Waals surface area contributed by atoms with E-state index in [1.807, 2.05) is 24.1 Å². The fourth-order valence-corrected chi connectivity index (χ4v) is 3.07. The number of carbonyl (C=O) groups is 2. The lowest BCUT2D eigenvalue weighted by molar-refractivity contribution is -0.114. The zero-order valence-electron chi connectivity index (χ0n) is 16.3. The van der Waals surface area contributed by atoms with Gasteiger partial charge in [-0.25, -0.2) is 4.98 Å². The second kappa shape index (κ2) is 7.78. The molecular weight excluding hydrogens is 368 g/mol. The van der Waals surface area contributed by atoms with Gasteiger partial charge in [-0.05, 0) is 24.3 Å². The number of pyridine rings is 1. The number of likely N-dealkylation sites (tertiary alicyclic amines) is 1. The minimum absolute atomic E-state index is 0.0438. The van der Waals surface area contributed by atoms with E-state index in [-0.39, 0.29) is 11.6 Å². The van der Waals surface area contributed by atoms with Crippen LogP contribution >= 0.6 is 0 Å². The quantitative estimate of drug-likeness (QED) is 0.692. The molecule has 2 aromatic rings. The summed E-state index contributed by atoms with van der Waals surface area (Å²) in [4.78, 5) is 29.2. The highest BCUT2D eigenvalue weighted by Gasteiger charge is 2.36. The molecular formula is C22H22N4O3. The zero-order valence-corrected chi connectivity index (χ0v) is 16.3. The topological polar surface area (TPSA) is 109 Å². The SMILES string of the molecule is C=C1N(C)CC[C@@]1(O)C#Cc1cccc(-c2cc(NC(C)=O)cc(C(N)=O)n2)c1. The molecule has 1 saturated heterocycles. The Bertz CT molecular complexity index is 1070. The number of aromatic nitrogens is 1. The Morgan fingerprint density at radius 1 is 1.34 bits per heavy atom. The molecule has 0 saturated carbocycles. The summed E-state index contributed by atoms with van der Waals surface area (Å²) in [5.74, 6) is 4.94. The molecule has 0 bridgehead atoms. The van der Waals surface area contributed by atoms with Gasteiger partial charge in [0.1, 0.15) is 5.69 Å². The average Bonchev–Trinajstić information content (AvgIpc) is 2.94. The van der Waals surface area contributed by atoms with E-state index in [9.17, 15) is 14.7 Å². The predicted octanol–water partition coefficient (Wildman–Crippen LogP) is 1.74. The number of aliphatic hydroxyl groups is 1. The molecule has 4 N–H and O–H groups in total. The normalized spacial score (nSPS) is 18.2. The fraction of sp³-hybridized carbons (Fsp3) is 0.227. The summed E-state index contributed by atoms with van der Waals surface area (Å²) in [6.07, 6.45) is 0.497. The number of anilines is 1. The Labute approximate surface area is 169 Å². The maximum atomic E-state index is 11.6. The monoisotopic (exact) mass is 390 g/mol. The summed E-state index contributed by atoms with van der Waals surface area (Å²) in [5.41, 5.74) is 7.01. The Kier molecular flexibility index (Phi) is 5.39. The number of carbonyl (C=O) groups excluding carboxylic acids is 2. The van der Waals surface area contributed by atoms with E-state index in [0.717, 1.165) is 0 Å². The second-order valence-corrected chi connectivity index (χ2v) is 6.98. The zero-order chi connectivity index (χ0) is 21.2. The average molecular weight is 390 g/mol. The van der Waals surface area contributed by atoms with Crippen molar-refractivity contribution in [1.29, 1.82) is 0 Å². The minimum Gasteiger partial charge on any atom is -0.375 e. The molecule has 0 aliphatic carbocycles. The molecule has 7 heteroatoms. The third kappa shape index (κ3) is 4.45. The Balaban J connectivity index is 1.97. The number of rotatable bonds is 3. The molecule has 1 aromatic carbocycles. The number of primary amides is 1. The van der Waals surface area contributed by atoms with Crippen molar-refractivity contribution >= 4 is 17.5 Å². The molecule has 1 aliphatic heterocycles. The van der Waals surface area contributed by atoms with E-state index < -0.39 is 11.5 Å². The first kappa shape index (κ1) is 20.1. The van der Waals surface area contributed by atoms with Crippen molar-refractivity contribution in [2.24, 2.45) is 5.73 Å². The summed E-state index contributed by atoms with van der Waals surface area (Å²) < 4.78 is 0. The molecule has 29 heavy (non-hydrogen) atoms. The van der Waals surface area contributed by atoms with Gasteiger partial charge in [0.05, 0.1) is 11.4 Å². The highest BCUT2D eigenvalue weighted by Crippen LogP contribution is 2.29. The molecule has 7 nitrogen and oxygen atoms in total. The third-order valence-electron chi connectivity index (χ3n) is 4.72. The van der Waals surface area contributed by atoms with E-state index >= 15 is 0 Å². The van der Waals surface area contributed by atoms with Gasteiger partial charge in [0.25, 0.3) is 5.91 Å². The van der Waals surface area contributed by atoms with Gasteiger partial charge in [0, 0.05) is 43.8 Å². The van der Waals surface area contributed by atoms with Gasteiger partial charge in [0.15, 0.2) is 5.60 Å². The number of amides is 2. The van der Waals surface area contributed by atoms with Crippen LogP contribution in [0.2, 0.25) is 0 Å². The largest absolute Gasteiger partial charge is 0.375 e. The summed E-state index contributed by atoms with van der Waals surface area (Å²) in [7, 11) is 1.87. The fourth-order valence-electron chi connectivity index (χ4n) is 3.07. The van der Waals surface area contributed by atoms with Crippen molar-refractivity contribution in [1.82, 2.24) is 9.88 Å². The van der Waals surface area contributed by atoms with Gasteiger partial charge in [-0.2, -0.15) is 0 Å². The van der Waals surface area contributed by atoms with Crippen LogP contribution in [0.1, 0.15) is 29.4 Å². The Morgan fingerprint density at radius 3 is 2.72 bits per heavy atom. The smallest absolute Gasteiger partial charge is 0.267 e. The molecule has 2 heterocycles. The Hall–Kier alpha value is -3.63. The first-order chi connectivity index (χ1) is 13.7. The van der Waals surface area contributed by atoms with Crippen molar-refractivity contribution in [3.8, 4) is 23.1 Å². The maximum Gasteiger partial charge on any atom is 0.267 e. The van der Waals surface area contributed by atoms with Crippen LogP contribution in [0.25, 0.3) is 11.3 Å². The highest BCUT2D eigenvalue weighted by molar-refractivity contribution is 5.95. The molecule has 1 fully saturated rings. The number of hydrogen-bond donors (Lipinski definition) is 3. The molecule has 0 spiro atoms. The lowest BCUT2D eigenvalue weighted by atomic mass is 10.00. The summed E-state index contributed by atoms with van der Waals surface area (Å²) in [6.45, 7) is 5.98. The summed E-state index contributed by atoms with van der Waals surface area (Å²) in [6, 6.07) is 10.3. The van der Waals surface area contributed by atoms with E-state index in [2.05, 4.69) is 28.7 Å². The maximum absolute atomic E-state index is 11.6. The van der Waals surface area contributed by atoms with Crippen LogP contribution in [-0.2, 0) is 4.79 Å². The predicted molar refractivity (Wildman–Crippen MR) is 111 cm³/mol. The van der Waals surface area contributed by atoms with Crippen molar-refractivity contribution in [3.63, 3.8) is 0 Å². The molecule has 1 atom stereocenters. The lowest BCUT2D eigenvalue weighted by Gasteiger charge is -2.19. The molecule has 1 aromatic heterocycles. The Morgan fingerprint density at radius 2 is 2.10 bits per heavy atom. The summed E-state index contributed by atoms with van der Waals surface area (Å²) in [5, 5.41) is 13.3. The van der Waals surface area contributed by atoms with Crippen LogP contribution in [0.15, 0.2) is 48.7 Å². The van der Waals surface area contributed by atoms with Gasteiger partial charge in [0.2, 0.25) is 5.91 Å². The van der Waals surface area contributed by atoms with Crippen molar-refractivity contribution in [2.45, 2.75) is 18.9 Å². The van der Waals surface area contributed by atoms with Crippen molar-refractivity contribution in [2.75, 3.05) is 18.9 Å². The summed E-state index contributed by atoms with van der Waals surface area (Å²) >= 11 is 0. The van der Waals surface area contributed by atoms with E-state index in [4.69, 9.17) is 5.73 Å². The minimum atomic E-state index is -1.24. The first-order valence-corrected chi connectivity index (χ1v) is 9.04. The second-order valence-electron chi connectivity index (χ2n) is 6.98. The van der Waals surface area contributed by atoms with Gasteiger partial charge >= 0.3 is 0 Å². The molecule has 2 amide bonds. The molecule has 148 valence electrons. The van der Waals surface area contributed by atoms with Crippen molar-refractivity contribution < 1.29 is 14.7 Å². The van der Waals surface area contributed by atoms with E-state index in [1.54, 1.807) is 18.2 Å². The molecule has 0 radical (unpaired) electrons. The van der Waals surface area contributed by atoms with Gasteiger partial charge in [-0.3, -0.25) is 9.59 Å². The van der Waals surface area contributed by atoms with Crippen LogP contribution in [-0.4, -0.2) is 46.0 Å².